The monoisotopic (exact) mass is 633 g/mol. The van der Waals surface area contributed by atoms with Gasteiger partial charge in [-0.3, -0.25) is 19.5 Å². The van der Waals surface area contributed by atoms with Crippen molar-refractivity contribution in [2.75, 3.05) is 25.0 Å². The largest absolute Gasteiger partial charge is 0.506 e. The smallest absolute Gasteiger partial charge is 0.409 e. The molecule has 0 aliphatic heterocycles. The van der Waals surface area contributed by atoms with Crippen molar-refractivity contribution < 1.29 is 34.3 Å². The number of amides is 1. The molecule has 0 aliphatic rings. The zero-order valence-corrected chi connectivity index (χ0v) is 24.9. The summed E-state index contributed by atoms with van der Waals surface area (Å²) in [6.45, 7) is 1.46. The molecule has 0 saturated carbocycles. The average molecular weight is 634 g/mol. The van der Waals surface area contributed by atoms with Crippen molar-refractivity contribution in [2.45, 2.75) is 25.4 Å². The fourth-order valence-electron chi connectivity index (χ4n) is 5.22. The number of hydrogen-bond donors (Lipinski definition) is 6. The Morgan fingerprint density at radius 2 is 1.65 bits per heavy atom. The highest BCUT2D eigenvalue weighted by atomic mass is 19.0. The number of aromatic hydroxyl groups is 1. The number of H-pyrrole nitrogens is 1. The first-order chi connectivity index (χ1) is 21.4. The van der Waals surface area contributed by atoms with E-state index in [0.717, 1.165) is 47.3 Å². The molecule has 0 aliphatic carbocycles. The lowest BCUT2D eigenvalue weighted by Gasteiger charge is -2.15. The Morgan fingerprint density at radius 3 is 2.43 bits per heavy atom. The van der Waals surface area contributed by atoms with Crippen molar-refractivity contribution in [3.63, 3.8) is 0 Å². The van der Waals surface area contributed by atoms with Gasteiger partial charge in [0, 0.05) is 23.6 Å². The Morgan fingerprint density at radius 1 is 0.870 bits per heavy atom. The molecular formula is C35H37F2N3O6. The maximum absolute atomic E-state index is 11.6. The number of ether oxygens (including phenoxy) is 1. The Kier molecular flexibility index (Phi) is 12.8. The van der Waals surface area contributed by atoms with Crippen LogP contribution in [0.2, 0.25) is 0 Å². The lowest BCUT2D eigenvalue weighted by molar-refractivity contribution is 0.176. The molecule has 0 spiro atoms. The van der Waals surface area contributed by atoms with Crippen LogP contribution < -0.4 is 20.9 Å². The van der Waals surface area contributed by atoms with Crippen LogP contribution in [0.25, 0.3) is 22.0 Å². The van der Waals surface area contributed by atoms with Crippen molar-refractivity contribution in [2.24, 2.45) is 0 Å². The predicted molar refractivity (Wildman–Crippen MR) is 177 cm³/mol. The van der Waals surface area contributed by atoms with Gasteiger partial charge >= 0.3 is 6.09 Å². The van der Waals surface area contributed by atoms with Gasteiger partial charge in [-0.2, -0.15) is 0 Å². The van der Waals surface area contributed by atoms with Crippen molar-refractivity contribution >= 4 is 22.7 Å². The van der Waals surface area contributed by atoms with Gasteiger partial charge in [-0.05, 0) is 78.4 Å². The van der Waals surface area contributed by atoms with E-state index in [0.29, 0.717) is 41.9 Å². The number of fused-ring (bicyclic) bond motifs is 1. The van der Waals surface area contributed by atoms with Crippen LogP contribution in [-0.4, -0.2) is 46.1 Å². The molecule has 0 unspecified atom stereocenters. The summed E-state index contributed by atoms with van der Waals surface area (Å²) in [6, 6.07) is 29.5. The standard InChI is InChI=1S/C35H35N3O6.2FH/c39-31-15-13-28(29-14-16-33(41)38-34(29)31)32(40)22-36-18-17-24-6-4-10-26(20-24)44-19-5-7-23-11-12-27(25-8-2-1-3-9-25)30(21-23)37-35(42)43;;/h1-4,6,8-16,20-21,32,36-37,39-40H,5,7,17-19,22H2,(H,38,41)(H,42,43);2*1H/t32-;;/m1../s1. The fraction of sp³-hybridized carbons (Fsp3) is 0.200. The summed E-state index contributed by atoms with van der Waals surface area (Å²) < 4.78 is 6.00. The number of halogens is 2. The van der Waals surface area contributed by atoms with Gasteiger partial charge in [0.1, 0.15) is 11.5 Å². The number of aromatic nitrogens is 1. The third kappa shape index (κ3) is 9.13. The summed E-state index contributed by atoms with van der Waals surface area (Å²) in [5.74, 6) is 0.739. The van der Waals surface area contributed by atoms with Gasteiger partial charge in [-0.25, -0.2) is 4.79 Å². The van der Waals surface area contributed by atoms with Crippen LogP contribution in [-0.2, 0) is 12.8 Å². The van der Waals surface area contributed by atoms with E-state index in [2.05, 4.69) is 15.6 Å². The van der Waals surface area contributed by atoms with E-state index in [9.17, 15) is 24.9 Å². The van der Waals surface area contributed by atoms with E-state index in [-0.39, 0.29) is 20.7 Å². The molecule has 1 atom stereocenters. The van der Waals surface area contributed by atoms with Gasteiger partial charge in [0.15, 0.2) is 0 Å². The van der Waals surface area contributed by atoms with Gasteiger partial charge in [-0.15, -0.1) is 0 Å². The molecule has 11 heteroatoms. The van der Waals surface area contributed by atoms with Crippen LogP contribution in [0.15, 0.2) is 102 Å². The molecule has 4 aromatic carbocycles. The highest BCUT2D eigenvalue weighted by Gasteiger charge is 2.14. The third-order valence-electron chi connectivity index (χ3n) is 7.38. The number of hydrogen-bond acceptors (Lipinski definition) is 6. The van der Waals surface area contributed by atoms with Crippen molar-refractivity contribution in [1.29, 1.82) is 0 Å². The Bertz CT molecular complexity index is 1800. The minimum absolute atomic E-state index is 0. The summed E-state index contributed by atoms with van der Waals surface area (Å²) in [5, 5.41) is 36.5. The van der Waals surface area contributed by atoms with Gasteiger partial charge in [0.2, 0.25) is 5.56 Å². The number of aromatic amines is 1. The number of phenols is 1. The molecule has 46 heavy (non-hydrogen) atoms. The molecule has 0 fully saturated rings. The van der Waals surface area contributed by atoms with Crippen molar-refractivity contribution in [1.82, 2.24) is 10.3 Å². The van der Waals surface area contributed by atoms with Crippen molar-refractivity contribution in [3.05, 3.63) is 124 Å². The number of nitrogens with one attached hydrogen (secondary N) is 3. The number of anilines is 1. The minimum atomic E-state index is -1.10. The van der Waals surface area contributed by atoms with Gasteiger partial charge < -0.3 is 30.4 Å². The van der Waals surface area contributed by atoms with E-state index in [1.54, 1.807) is 12.1 Å². The number of carbonyl (C=O) groups is 1. The molecular weight excluding hydrogens is 596 g/mol. The molecule has 9 nitrogen and oxygen atoms in total. The molecule has 0 radical (unpaired) electrons. The molecule has 5 rings (SSSR count). The zero-order chi connectivity index (χ0) is 30.9. The first-order valence-corrected chi connectivity index (χ1v) is 14.5. The summed E-state index contributed by atoms with van der Waals surface area (Å²) in [5.41, 5.74) is 5.07. The van der Waals surface area contributed by atoms with E-state index in [1.807, 2.05) is 72.8 Å². The fourth-order valence-corrected chi connectivity index (χ4v) is 5.22. The quantitative estimate of drug-likeness (QED) is 0.0851. The van der Waals surface area contributed by atoms with Gasteiger partial charge in [0.05, 0.1) is 23.9 Å². The van der Waals surface area contributed by atoms with Crippen LogP contribution in [0.3, 0.4) is 0 Å². The molecule has 1 amide bonds. The average Bonchev–Trinajstić information content (AvgIpc) is 3.02. The molecule has 0 saturated heterocycles. The summed E-state index contributed by atoms with van der Waals surface area (Å²) >= 11 is 0. The second-order valence-corrected chi connectivity index (χ2v) is 10.5. The number of aryl methyl sites for hydroxylation is 1. The molecule has 1 aromatic heterocycles. The van der Waals surface area contributed by atoms with Crippen LogP contribution in [0, 0.1) is 0 Å². The topological polar surface area (TPSA) is 144 Å². The van der Waals surface area contributed by atoms with Gasteiger partial charge in [-0.1, -0.05) is 60.7 Å². The SMILES string of the molecule is F.F.O=C(O)Nc1cc(CCCOc2cccc(CCNC[C@@H](O)c3ccc(O)c4[nH]c(=O)ccc34)c2)ccc1-c1ccccc1. The maximum Gasteiger partial charge on any atom is 0.409 e. The molecule has 6 N–H and O–H groups in total. The number of pyridine rings is 1. The summed E-state index contributed by atoms with van der Waals surface area (Å²) in [7, 11) is 0. The van der Waals surface area contributed by atoms with Crippen LogP contribution in [0.5, 0.6) is 11.5 Å². The second-order valence-electron chi connectivity index (χ2n) is 10.5. The zero-order valence-electron chi connectivity index (χ0n) is 24.9. The predicted octanol–water partition coefficient (Wildman–Crippen LogP) is 6.17. The van der Waals surface area contributed by atoms with E-state index < -0.39 is 12.2 Å². The van der Waals surface area contributed by atoms with E-state index in [4.69, 9.17) is 4.74 Å². The van der Waals surface area contributed by atoms with Crippen LogP contribution in [0.4, 0.5) is 19.9 Å². The summed E-state index contributed by atoms with van der Waals surface area (Å²) in [4.78, 5) is 25.6. The molecule has 5 aromatic rings. The molecule has 1 heterocycles. The highest BCUT2D eigenvalue weighted by Crippen LogP contribution is 2.30. The minimum Gasteiger partial charge on any atom is -0.506 e. The Labute approximate surface area is 264 Å². The molecule has 0 bridgehead atoms. The van der Waals surface area contributed by atoms with E-state index >= 15 is 0 Å². The highest BCUT2D eigenvalue weighted by molar-refractivity contribution is 5.91. The number of phenolic OH excluding ortho intramolecular Hbond substituents is 1. The number of aliphatic hydroxyl groups is 1. The van der Waals surface area contributed by atoms with Crippen molar-refractivity contribution in [3.8, 4) is 22.6 Å². The lowest BCUT2D eigenvalue weighted by atomic mass is 10.00. The summed E-state index contributed by atoms with van der Waals surface area (Å²) in [6.07, 6.45) is 0.325. The number of carboxylic acid groups (broad SMARTS) is 1. The third-order valence-corrected chi connectivity index (χ3v) is 7.38. The Balaban J connectivity index is 0.00000288. The van der Waals surface area contributed by atoms with Crippen LogP contribution >= 0.6 is 0 Å². The molecule has 242 valence electrons. The number of benzene rings is 4. The Hall–Kier alpha value is -5.26. The van der Waals surface area contributed by atoms with E-state index in [1.165, 1.54) is 12.1 Å². The number of aliphatic hydroxyl groups excluding tert-OH is 1. The second kappa shape index (κ2) is 16.7. The maximum atomic E-state index is 11.6. The lowest BCUT2D eigenvalue weighted by Crippen LogP contribution is -2.24. The number of rotatable bonds is 13. The van der Waals surface area contributed by atoms with Crippen LogP contribution in [0.1, 0.15) is 29.2 Å². The first-order valence-electron chi connectivity index (χ1n) is 14.5. The first kappa shape index (κ1) is 35.2. The van der Waals surface area contributed by atoms with Gasteiger partial charge in [0.25, 0.3) is 0 Å². The normalized spacial score (nSPS) is 11.2.